The predicted molar refractivity (Wildman–Crippen MR) is 75.9 cm³/mol. The van der Waals surface area contributed by atoms with Crippen LogP contribution in [0.3, 0.4) is 0 Å². The van der Waals surface area contributed by atoms with Gasteiger partial charge in [-0.3, -0.25) is 4.79 Å². The van der Waals surface area contributed by atoms with Gasteiger partial charge >= 0.3 is 0 Å². The van der Waals surface area contributed by atoms with E-state index in [2.05, 4.69) is 11.9 Å². The van der Waals surface area contributed by atoms with Gasteiger partial charge in [-0.2, -0.15) is 0 Å². The highest BCUT2D eigenvalue weighted by atomic mass is 16.5. The Labute approximate surface area is 118 Å². The maximum Gasteiger partial charge on any atom is 0.163 e. The smallest absolute Gasteiger partial charge is 0.163 e. The van der Waals surface area contributed by atoms with E-state index in [1.165, 1.54) is 0 Å². The van der Waals surface area contributed by atoms with Crippen LogP contribution in [-0.2, 0) is 19.6 Å². The fourth-order valence-electron chi connectivity index (χ4n) is 2.61. The Balaban J connectivity index is 1.75. The molecule has 0 fully saturated rings. The van der Waals surface area contributed by atoms with E-state index >= 15 is 0 Å². The lowest BCUT2D eigenvalue weighted by Gasteiger charge is -2.16. The number of aromatic nitrogens is 2. The molecule has 1 aliphatic rings. The SMILES string of the molecule is CCn1ccnc1COc1ccc2c(c1)C(=O)CCC2. The van der Waals surface area contributed by atoms with E-state index in [-0.39, 0.29) is 5.78 Å². The van der Waals surface area contributed by atoms with Crippen molar-refractivity contribution in [2.75, 3.05) is 0 Å². The van der Waals surface area contributed by atoms with Crippen molar-refractivity contribution in [3.63, 3.8) is 0 Å². The topological polar surface area (TPSA) is 44.1 Å². The summed E-state index contributed by atoms with van der Waals surface area (Å²) in [6.45, 7) is 3.37. The largest absolute Gasteiger partial charge is 0.486 e. The number of imidazole rings is 1. The molecule has 20 heavy (non-hydrogen) atoms. The molecule has 104 valence electrons. The van der Waals surface area contributed by atoms with Crippen LogP contribution in [0.15, 0.2) is 30.6 Å². The van der Waals surface area contributed by atoms with Gasteiger partial charge in [0.15, 0.2) is 5.78 Å². The van der Waals surface area contributed by atoms with Gasteiger partial charge in [-0.15, -0.1) is 0 Å². The van der Waals surface area contributed by atoms with Crippen LogP contribution in [0.5, 0.6) is 5.75 Å². The molecule has 2 aromatic rings. The molecule has 0 atom stereocenters. The molecule has 0 bridgehead atoms. The molecule has 0 radical (unpaired) electrons. The number of benzene rings is 1. The minimum Gasteiger partial charge on any atom is -0.486 e. The quantitative estimate of drug-likeness (QED) is 0.857. The van der Waals surface area contributed by atoms with Crippen molar-refractivity contribution >= 4 is 5.78 Å². The van der Waals surface area contributed by atoms with Crippen molar-refractivity contribution in [1.29, 1.82) is 0 Å². The van der Waals surface area contributed by atoms with Gasteiger partial charge in [0, 0.05) is 30.9 Å². The van der Waals surface area contributed by atoms with Gasteiger partial charge in [0.2, 0.25) is 0 Å². The Morgan fingerprint density at radius 2 is 2.25 bits per heavy atom. The minimum absolute atomic E-state index is 0.228. The molecule has 4 nitrogen and oxygen atoms in total. The summed E-state index contributed by atoms with van der Waals surface area (Å²) in [6, 6.07) is 5.82. The molecular weight excluding hydrogens is 252 g/mol. The van der Waals surface area contributed by atoms with E-state index in [0.717, 1.165) is 42.1 Å². The Kier molecular flexibility index (Phi) is 3.54. The van der Waals surface area contributed by atoms with Crippen LogP contribution >= 0.6 is 0 Å². The molecule has 0 saturated carbocycles. The van der Waals surface area contributed by atoms with Gasteiger partial charge in [0.05, 0.1) is 0 Å². The molecule has 0 spiro atoms. The van der Waals surface area contributed by atoms with Gasteiger partial charge in [-0.25, -0.2) is 4.98 Å². The molecule has 0 aliphatic heterocycles. The summed E-state index contributed by atoms with van der Waals surface area (Å²) in [4.78, 5) is 16.2. The fourth-order valence-corrected chi connectivity index (χ4v) is 2.61. The van der Waals surface area contributed by atoms with Crippen LogP contribution in [0.2, 0.25) is 0 Å². The lowest BCUT2D eigenvalue weighted by atomic mass is 9.90. The summed E-state index contributed by atoms with van der Waals surface area (Å²) in [5.74, 6) is 1.87. The first-order chi connectivity index (χ1) is 9.78. The zero-order chi connectivity index (χ0) is 13.9. The van der Waals surface area contributed by atoms with Crippen LogP contribution in [0.25, 0.3) is 0 Å². The van der Waals surface area contributed by atoms with E-state index in [1.54, 1.807) is 6.20 Å². The lowest BCUT2D eigenvalue weighted by Crippen LogP contribution is -2.11. The number of aryl methyl sites for hydroxylation is 2. The van der Waals surface area contributed by atoms with E-state index in [4.69, 9.17) is 4.74 Å². The van der Waals surface area contributed by atoms with Crippen molar-refractivity contribution in [2.24, 2.45) is 0 Å². The number of nitrogens with zero attached hydrogens (tertiary/aromatic N) is 2. The summed E-state index contributed by atoms with van der Waals surface area (Å²) in [6.07, 6.45) is 6.31. The summed E-state index contributed by atoms with van der Waals surface area (Å²) in [7, 11) is 0. The van der Waals surface area contributed by atoms with E-state index in [0.29, 0.717) is 13.0 Å². The van der Waals surface area contributed by atoms with Crippen LogP contribution < -0.4 is 4.74 Å². The first kappa shape index (κ1) is 12.9. The third-order valence-electron chi connectivity index (χ3n) is 3.74. The zero-order valence-corrected chi connectivity index (χ0v) is 11.6. The van der Waals surface area contributed by atoms with Crippen molar-refractivity contribution in [1.82, 2.24) is 9.55 Å². The van der Waals surface area contributed by atoms with Crippen molar-refractivity contribution in [2.45, 2.75) is 39.3 Å². The maximum absolute atomic E-state index is 11.9. The molecule has 1 aliphatic carbocycles. The highest BCUT2D eigenvalue weighted by molar-refractivity contribution is 5.98. The van der Waals surface area contributed by atoms with Gasteiger partial charge in [-0.05, 0) is 37.5 Å². The fraction of sp³-hybridized carbons (Fsp3) is 0.375. The standard InChI is InChI=1S/C16H18N2O2/c1-2-18-9-8-17-16(18)11-20-13-7-6-12-4-3-5-15(19)14(12)10-13/h6-10H,2-5,11H2,1H3. The van der Waals surface area contributed by atoms with Gasteiger partial charge in [-0.1, -0.05) is 6.07 Å². The molecule has 0 unspecified atom stereocenters. The second-order valence-corrected chi connectivity index (χ2v) is 5.01. The number of rotatable bonds is 4. The van der Waals surface area contributed by atoms with E-state index < -0.39 is 0 Å². The molecule has 1 aromatic heterocycles. The second-order valence-electron chi connectivity index (χ2n) is 5.01. The Hall–Kier alpha value is -2.10. The number of hydrogen-bond donors (Lipinski definition) is 0. The third kappa shape index (κ3) is 2.46. The molecule has 0 amide bonds. The lowest BCUT2D eigenvalue weighted by molar-refractivity contribution is 0.0972. The molecule has 3 rings (SSSR count). The van der Waals surface area contributed by atoms with Gasteiger partial charge in [0.1, 0.15) is 18.2 Å². The number of ether oxygens (including phenoxy) is 1. The van der Waals surface area contributed by atoms with Crippen molar-refractivity contribution < 1.29 is 9.53 Å². The van der Waals surface area contributed by atoms with Crippen LogP contribution in [0.4, 0.5) is 0 Å². The Bertz CT molecular complexity index is 631. The zero-order valence-electron chi connectivity index (χ0n) is 11.6. The van der Waals surface area contributed by atoms with E-state index in [1.807, 2.05) is 29.0 Å². The van der Waals surface area contributed by atoms with Gasteiger partial charge in [0.25, 0.3) is 0 Å². The summed E-state index contributed by atoms with van der Waals surface area (Å²) in [5.41, 5.74) is 1.97. The summed E-state index contributed by atoms with van der Waals surface area (Å²) < 4.78 is 7.82. The number of Topliss-reactive ketones (excluding diaryl/α,β-unsaturated/α-hetero) is 1. The maximum atomic E-state index is 11.9. The normalized spacial score (nSPS) is 14.2. The molecule has 4 heteroatoms. The van der Waals surface area contributed by atoms with Crippen LogP contribution in [-0.4, -0.2) is 15.3 Å². The van der Waals surface area contributed by atoms with E-state index in [9.17, 15) is 4.79 Å². The molecule has 1 heterocycles. The molecule has 0 N–H and O–H groups in total. The van der Waals surface area contributed by atoms with Crippen molar-refractivity contribution in [3.8, 4) is 5.75 Å². The number of carbonyl (C=O) groups excluding carboxylic acids is 1. The highest BCUT2D eigenvalue weighted by Gasteiger charge is 2.17. The van der Waals surface area contributed by atoms with Crippen molar-refractivity contribution in [3.05, 3.63) is 47.5 Å². The average Bonchev–Trinajstić information content (AvgIpc) is 2.93. The Morgan fingerprint density at radius 3 is 3.10 bits per heavy atom. The first-order valence-corrected chi connectivity index (χ1v) is 7.07. The summed E-state index contributed by atoms with van der Waals surface area (Å²) in [5, 5.41) is 0. The van der Waals surface area contributed by atoms with Gasteiger partial charge < -0.3 is 9.30 Å². The third-order valence-corrected chi connectivity index (χ3v) is 3.74. The molecule has 1 aromatic carbocycles. The second kappa shape index (κ2) is 5.49. The van der Waals surface area contributed by atoms with Crippen LogP contribution in [0.1, 0.15) is 41.5 Å². The number of ketones is 1. The Morgan fingerprint density at radius 1 is 1.35 bits per heavy atom. The number of hydrogen-bond acceptors (Lipinski definition) is 3. The average molecular weight is 270 g/mol. The monoisotopic (exact) mass is 270 g/mol. The number of fused-ring (bicyclic) bond motifs is 1. The number of carbonyl (C=O) groups is 1. The van der Waals surface area contributed by atoms with Crippen LogP contribution in [0, 0.1) is 0 Å². The predicted octanol–water partition coefficient (Wildman–Crippen LogP) is 3.00. The summed E-state index contributed by atoms with van der Waals surface area (Å²) >= 11 is 0. The minimum atomic E-state index is 0.228. The highest BCUT2D eigenvalue weighted by Crippen LogP contribution is 2.25. The molecule has 0 saturated heterocycles. The molecular formula is C16H18N2O2. The first-order valence-electron chi connectivity index (χ1n) is 7.07.